The summed E-state index contributed by atoms with van der Waals surface area (Å²) in [5, 5.41) is 7.02. The molecule has 2 atom stereocenters. The number of anilines is 3. The van der Waals surface area contributed by atoms with Crippen LogP contribution in [0, 0.1) is 11.8 Å². The molecule has 156 valence electrons. The molecule has 1 aromatic rings. The molecule has 28 heavy (non-hydrogen) atoms. The summed E-state index contributed by atoms with van der Waals surface area (Å²) in [6.07, 6.45) is 6.36. The van der Waals surface area contributed by atoms with Gasteiger partial charge in [-0.3, -0.25) is 0 Å². The van der Waals surface area contributed by atoms with Gasteiger partial charge in [0.2, 0.25) is 5.95 Å². The van der Waals surface area contributed by atoms with Gasteiger partial charge in [-0.15, -0.1) is 0 Å². The molecule has 0 spiro atoms. The van der Waals surface area contributed by atoms with Crippen molar-refractivity contribution in [1.82, 2.24) is 15.3 Å². The Balaban J connectivity index is 1.87. The predicted octanol–water partition coefficient (Wildman–Crippen LogP) is 4.03. The van der Waals surface area contributed by atoms with Gasteiger partial charge in [0.15, 0.2) is 5.11 Å². The third kappa shape index (κ3) is 5.93. The van der Waals surface area contributed by atoms with E-state index in [0.717, 1.165) is 37.8 Å². The fourth-order valence-electron chi connectivity index (χ4n) is 4.35. The molecular weight excluding hydrogens is 368 g/mol. The molecule has 1 aromatic heterocycles. The second-order valence-corrected chi connectivity index (χ2v) is 9.32. The molecule has 0 bridgehead atoms. The quantitative estimate of drug-likeness (QED) is 0.735. The molecule has 6 nitrogen and oxygen atoms in total. The third-order valence-electron chi connectivity index (χ3n) is 5.47. The molecule has 0 aliphatic carbocycles. The molecular formula is C21H36N6S. The van der Waals surface area contributed by atoms with Gasteiger partial charge in [-0.1, -0.05) is 26.7 Å². The lowest BCUT2D eigenvalue weighted by Gasteiger charge is -2.36. The average molecular weight is 405 g/mol. The van der Waals surface area contributed by atoms with E-state index < -0.39 is 0 Å². The second-order valence-electron chi connectivity index (χ2n) is 8.91. The summed E-state index contributed by atoms with van der Waals surface area (Å²) in [6.45, 7) is 13.0. The summed E-state index contributed by atoms with van der Waals surface area (Å²) in [7, 11) is 0. The molecule has 0 radical (unpaired) electrons. The van der Waals surface area contributed by atoms with Crippen LogP contribution in [0.3, 0.4) is 0 Å². The van der Waals surface area contributed by atoms with Crippen molar-refractivity contribution < 1.29 is 0 Å². The first-order chi connectivity index (χ1) is 13.4. The number of hydrogen-bond donors (Lipinski definition) is 2. The molecule has 2 unspecified atom stereocenters. The Morgan fingerprint density at radius 2 is 1.57 bits per heavy atom. The Bertz CT molecular complexity index is 646. The van der Waals surface area contributed by atoms with Gasteiger partial charge < -0.3 is 20.4 Å². The van der Waals surface area contributed by atoms with Crippen LogP contribution in [0.5, 0.6) is 0 Å². The molecule has 2 aliphatic rings. The van der Waals surface area contributed by atoms with Gasteiger partial charge >= 0.3 is 0 Å². The molecule has 3 rings (SSSR count). The lowest BCUT2D eigenvalue weighted by atomic mass is 9.92. The van der Waals surface area contributed by atoms with E-state index in [0.29, 0.717) is 22.9 Å². The maximum absolute atomic E-state index is 5.44. The Labute approximate surface area is 175 Å². The van der Waals surface area contributed by atoms with Gasteiger partial charge in [-0.2, -0.15) is 9.97 Å². The summed E-state index contributed by atoms with van der Waals surface area (Å²) < 4.78 is 0. The van der Waals surface area contributed by atoms with E-state index >= 15 is 0 Å². The SMILES string of the molecule is CC1CC(C)CN(c2cc(N3CCCCCC3)nc(NC(=S)NC(C)C)n2)C1. The Morgan fingerprint density at radius 3 is 2.14 bits per heavy atom. The molecule has 0 aromatic carbocycles. The zero-order valence-corrected chi connectivity index (χ0v) is 18.7. The first kappa shape index (κ1) is 21.1. The van der Waals surface area contributed by atoms with Crippen LogP contribution in [0.15, 0.2) is 6.07 Å². The average Bonchev–Trinajstić information content (AvgIpc) is 2.89. The molecule has 0 amide bonds. The molecule has 2 N–H and O–H groups in total. The minimum Gasteiger partial charge on any atom is -0.360 e. The van der Waals surface area contributed by atoms with Gasteiger partial charge in [0, 0.05) is 38.3 Å². The highest BCUT2D eigenvalue weighted by molar-refractivity contribution is 7.80. The van der Waals surface area contributed by atoms with Crippen molar-refractivity contribution in [3.8, 4) is 0 Å². The highest BCUT2D eigenvalue weighted by Crippen LogP contribution is 2.29. The Kier molecular flexibility index (Phi) is 7.32. The van der Waals surface area contributed by atoms with E-state index in [1.54, 1.807) is 0 Å². The molecule has 2 aliphatic heterocycles. The normalized spacial score (nSPS) is 23.5. The summed E-state index contributed by atoms with van der Waals surface area (Å²) in [5.74, 6) is 4.00. The van der Waals surface area contributed by atoms with Crippen molar-refractivity contribution in [2.45, 2.75) is 65.8 Å². The first-order valence-corrected chi connectivity index (χ1v) is 11.3. The maximum atomic E-state index is 5.44. The highest BCUT2D eigenvalue weighted by atomic mass is 32.1. The van der Waals surface area contributed by atoms with Crippen LogP contribution in [-0.4, -0.2) is 47.3 Å². The topological polar surface area (TPSA) is 56.3 Å². The van der Waals surface area contributed by atoms with Crippen LogP contribution in [-0.2, 0) is 0 Å². The number of nitrogens with zero attached hydrogens (tertiary/aromatic N) is 4. The van der Waals surface area contributed by atoms with Crippen molar-refractivity contribution >= 4 is 34.9 Å². The summed E-state index contributed by atoms with van der Waals surface area (Å²) in [5.41, 5.74) is 0. The Hall–Kier alpha value is -1.63. The zero-order chi connectivity index (χ0) is 20.1. The van der Waals surface area contributed by atoms with Gasteiger partial charge in [0.05, 0.1) is 0 Å². The number of nitrogens with one attached hydrogen (secondary N) is 2. The monoisotopic (exact) mass is 404 g/mol. The largest absolute Gasteiger partial charge is 0.360 e. The van der Waals surface area contributed by atoms with Crippen molar-refractivity contribution in [1.29, 1.82) is 0 Å². The highest BCUT2D eigenvalue weighted by Gasteiger charge is 2.24. The summed E-state index contributed by atoms with van der Waals surface area (Å²) in [4.78, 5) is 14.5. The van der Waals surface area contributed by atoms with E-state index in [4.69, 9.17) is 22.2 Å². The summed E-state index contributed by atoms with van der Waals surface area (Å²) >= 11 is 5.44. The smallest absolute Gasteiger partial charge is 0.232 e. The van der Waals surface area contributed by atoms with Gasteiger partial charge in [-0.05, 0) is 57.2 Å². The minimum atomic E-state index is 0.275. The zero-order valence-electron chi connectivity index (χ0n) is 17.9. The lowest BCUT2D eigenvalue weighted by molar-refractivity contribution is 0.355. The molecule has 2 saturated heterocycles. The third-order valence-corrected chi connectivity index (χ3v) is 5.69. The van der Waals surface area contributed by atoms with E-state index in [1.807, 2.05) is 0 Å². The Morgan fingerprint density at radius 1 is 1.00 bits per heavy atom. The molecule has 3 heterocycles. The second kappa shape index (κ2) is 9.72. The fraction of sp³-hybridized carbons (Fsp3) is 0.762. The van der Waals surface area contributed by atoms with E-state index in [9.17, 15) is 0 Å². The van der Waals surface area contributed by atoms with Gasteiger partial charge in [0.25, 0.3) is 0 Å². The van der Waals surface area contributed by atoms with Crippen LogP contribution in [0.2, 0.25) is 0 Å². The van der Waals surface area contributed by atoms with Crippen LogP contribution in [0.25, 0.3) is 0 Å². The van der Waals surface area contributed by atoms with Gasteiger partial charge in [0.1, 0.15) is 11.6 Å². The maximum Gasteiger partial charge on any atom is 0.232 e. The fourth-order valence-corrected chi connectivity index (χ4v) is 4.68. The van der Waals surface area contributed by atoms with Crippen molar-refractivity contribution in [2.24, 2.45) is 11.8 Å². The van der Waals surface area contributed by atoms with E-state index in [-0.39, 0.29) is 6.04 Å². The van der Waals surface area contributed by atoms with Crippen LogP contribution in [0.1, 0.15) is 59.8 Å². The van der Waals surface area contributed by atoms with Crippen molar-refractivity contribution in [3.05, 3.63) is 6.07 Å². The first-order valence-electron chi connectivity index (χ1n) is 10.9. The summed E-state index contributed by atoms with van der Waals surface area (Å²) in [6, 6.07) is 2.46. The minimum absolute atomic E-state index is 0.275. The van der Waals surface area contributed by atoms with E-state index in [1.165, 1.54) is 32.1 Å². The van der Waals surface area contributed by atoms with Crippen LogP contribution < -0.4 is 20.4 Å². The van der Waals surface area contributed by atoms with Crippen LogP contribution >= 0.6 is 12.2 Å². The van der Waals surface area contributed by atoms with Crippen molar-refractivity contribution in [3.63, 3.8) is 0 Å². The number of aromatic nitrogens is 2. The molecule has 7 heteroatoms. The number of piperidine rings is 1. The van der Waals surface area contributed by atoms with Gasteiger partial charge in [-0.25, -0.2) is 0 Å². The molecule has 2 fully saturated rings. The van der Waals surface area contributed by atoms with Crippen molar-refractivity contribution in [2.75, 3.05) is 41.3 Å². The lowest BCUT2D eigenvalue weighted by Crippen LogP contribution is -2.40. The standard InChI is InChI=1S/C21H36N6S/c1-15(2)22-21(28)25-20-23-18(26-9-7-5-6-8-10-26)12-19(24-20)27-13-16(3)11-17(4)14-27/h12,15-17H,5-11,13-14H2,1-4H3,(H2,22,23,24,25,28). The van der Waals surface area contributed by atoms with E-state index in [2.05, 4.69) is 54.2 Å². The van der Waals surface area contributed by atoms with Crippen LogP contribution in [0.4, 0.5) is 17.6 Å². The number of hydrogen-bond acceptors (Lipinski definition) is 5. The number of thiocarbonyl (C=S) groups is 1. The number of rotatable bonds is 4. The molecule has 0 saturated carbocycles. The predicted molar refractivity (Wildman–Crippen MR) is 122 cm³/mol.